The minimum atomic E-state index is -3.53. The van der Waals surface area contributed by atoms with E-state index in [-0.39, 0.29) is 17.1 Å². The summed E-state index contributed by atoms with van der Waals surface area (Å²) in [5.41, 5.74) is 6.50. The molecule has 0 radical (unpaired) electrons. The van der Waals surface area contributed by atoms with E-state index in [4.69, 9.17) is 11.6 Å². The van der Waals surface area contributed by atoms with Gasteiger partial charge in [-0.3, -0.25) is 5.43 Å². The summed E-state index contributed by atoms with van der Waals surface area (Å²) >= 11 is 5.82. The van der Waals surface area contributed by atoms with Gasteiger partial charge in [0, 0.05) is 11.1 Å². The zero-order valence-corrected chi connectivity index (χ0v) is 11.8. The Hall–Kier alpha value is -0.660. The van der Waals surface area contributed by atoms with Gasteiger partial charge in [0.05, 0.1) is 11.1 Å². The number of hydrogen-bond donors (Lipinski definition) is 3. The number of nitrogens with one attached hydrogen (secondary N) is 3. The molecule has 1 aliphatic heterocycles. The molecule has 1 fully saturated rings. The SMILES string of the molecule is Cc1cc(Cl)ccc1S(=O)(=O)NC1CC(C)NN1. The minimum Gasteiger partial charge on any atom is -0.253 e. The Morgan fingerprint density at radius 1 is 1.39 bits per heavy atom. The van der Waals surface area contributed by atoms with Crippen molar-refractivity contribution in [3.8, 4) is 0 Å². The molecule has 1 aliphatic rings. The first-order chi connectivity index (χ1) is 8.38. The van der Waals surface area contributed by atoms with Gasteiger partial charge in [-0.2, -0.15) is 4.72 Å². The maximum Gasteiger partial charge on any atom is 0.242 e. The Morgan fingerprint density at radius 2 is 2.11 bits per heavy atom. The van der Waals surface area contributed by atoms with E-state index in [2.05, 4.69) is 15.6 Å². The van der Waals surface area contributed by atoms with Crippen molar-refractivity contribution < 1.29 is 8.42 Å². The van der Waals surface area contributed by atoms with Crippen LogP contribution >= 0.6 is 11.6 Å². The fourth-order valence-electron chi connectivity index (χ4n) is 1.96. The van der Waals surface area contributed by atoms with E-state index in [1.54, 1.807) is 19.1 Å². The lowest BCUT2D eigenvalue weighted by atomic mass is 10.2. The lowest BCUT2D eigenvalue weighted by Gasteiger charge is -2.14. The summed E-state index contributed by atoms with van der Waals surface area (Å²) in [5, 5.41) is 0.528. The van der Waals surface area contributed by atoms with Crippen molar-refractivity contribution in [1.29, 1.82) is 0 Å². The quantitative estimate of drug-likeness (QED) is 0.780. The maximum absolute atomic E-state index is 12.2. The number of aryl methyl sites for hydroxylation is 1. The molecule has 1 aromatic rings. The van der Waals surface area contributed by atoms with Gasteiger partial charge in [0.1, 0.15) is 0 Å². The molecule has 100 valence electrons. The zero-order valence-electron chi connectivity index (χ0n) is 10.2. The molecule has 0 aromatic heterocycles. The number of halogens is 1. The van der Waals surface area contributed by atoms with E-state index in [0.29, 0.717) is 17.0 Å². The summed E-state index contributed by atoms with van der Waals surface area (Å²) in [7, 11) is -3.53. The first kappa shape index (κ1) is 13.8. The van der Waals surface area contributed by atoms with Crippen molar-refractivity contribution >= 4 is 21.6 Å². The van der Waals surface area contributed by atoms with Crippen LogP contribution in [0.4, 0.5) is 0 Å². The smallest absolute Gasteiger partial charge is 0.242 e. The normalized spacial score (nSPS) is 24.4. The topological polar surface area (TPSA) is 70.2 Å². The van der Waals surface area contributed by atoms with Gasteiger partial charge >= 0.3 is 0 Å². The Balaban J connectivity index is 2.20. The average molecular weight is 290 g/mol. The third-order valence-electron chi connectivity index (χ3n) is 2.82. The zero-order chi connectivity index (χ0) is 13.3. The van der Waals surface area contributed by atoms with E-state index >= 15 is 0 Å². The Morgan fingerprint density at radius 3 is 2.67 bits per heavy atom. The highest BCUT2D eigenvalue weighted by Crippen LogP contribution is 2.20. The second-order valence-electron chi connectivity index (χ2n) is 4.51. The molecule has 0 saturated carbocycles. The van der Waals surface area contributed by atoms with Gasteiger partial charge in [-0.1, -0.05) is 11.6 Å². The molecule has 7 heteroatoms. The van der Waals surface area contributed by atoms with Crippen molar-refractivity contribution in [3.05, 3.63) is 28.8 Å². The first-order valence-corrected chi connectivity index (χ1v) is 7.54. The van der Waals surface area contributed by atoms with Gasteiger partial charge in [-0.15, -0.1) is 0 Å². The van der Waals surface area contributed by atoms with E-state index in [0.717, 1.165) is 0 Å². The van der Waals surface area contributed by atoms with Crippen LogP contribution in [0, 0.1) is 6.92 Å². The van der Waals surface area contributed by atoms with Gasteiger partial charge in [0.2, 0.25) is 10.0 Å². The lowest BCUT2D eigenvalue weighted by Crippen LogP contribution is -2.44. The number of rotatable bonds is 3. The van der Waals surface area contributed by atoms with Crippen molar-refractivity contribution in [2.24, 2.45) is 0 Å². The molecule has 0 aliphatic carbocycles. The Bertz CT molecular complexity index is 547. The summed E-state index contributed by atoms with van der Waals surface area (Å²) in [4.78, 5) is 0.258. The average Bonchev–Trinajstić information content (AvgIpc) is 2.62. The molecule has 2 rings (SSSR count). The van der Waals surface area contributed by atoms with Crippen LogP contribution in [0.15, 0.2) is 23.1 Å². The fourth-order valence-corrected chi connectivity index (χ4v) is 3.57. The van der Waals surface area contributed by atoms with Crippen LogP contribution in [-0.4, -0.2) is 20.6 Å². The van der Waals surface area contributed by atoms with Gasteiger partial charge in [0.15, 0.2) is 0 Å². The maximum atomic E-state index is 12.2. The molecular weight excluding hydrogens is 274 g/mol. The van der Waals surface area contributed by atoms with Crippen LogP contribution in [0.2, 0.25) is 5.02 Å². The van der Waals surface area contributed by atoms with Crippen molar-refractivity contribution in [3.63, 3.8) is 0 Å². The summed E-state index contributed by atoms with van der Waals surface area (Å²) in [6.07, 6.45) is 0.409. The van der Waals surface area contributed by atoms with Gasteiger partial charge in [0.25, 0.3) is 0 Å². The second-order valence-corrected chi connectivity index (χ2v) is 6.63. The van der Waals surface area contributed by atoms with Gasteiger partial charge in [-0.05, 0) is 44.0 Å². The molecule has 2 unspecified atom stereocenters. The summed E-state index contributed by atoms with van der Waals surface area (Å²) in [5.74, 6) is 0. The molecule has 1 aromatic carbocycles. The highest BCUT2D eigenvalue weighted by atomic mass is 35.5. The van der Waals surface area contributed by atoms with E-state index in [1.807, 2.05) is 6.92 Å². The molecule has 5 nitrogen and oxygen atoms in total. The van der Waals surface area contributed by atoms with Crippen LogP contribution in [0.3, 0.4) is 0 Å². The fraction of sp³-hybridized carbons (Fsp3) is 0.455. The number of benzene rings is 1. The largest absolute Gasteiger partial charge is 0.253 e. The molecular formula is C11H16ClN3O2S. The molecule has 2 atom stereocenters. The van der Waals surface area contributed by atoms with E-state index < -0.39 is 10.0 Å². The molecule has 0 spiro atoms. The number of hydrogen-bond acceptors (Lipinski definition) is 4. The molecule has 0 bridgehead atoms. The summed E-state index contributed by atoms with van der Waals surface area (Å²) < 4.78 is 27.0. The Labute approximate surface area is 112 Å². The Kier molecular flexibility index (Phi) is 3.93. The predicted molar refractivity (Wildman–Crippen MR) is 70.6 cm³/mol. The third-order valence-corrected chi connectivity index (χ3v) is 4.68. The van der Waals surface area contributed by atoms with Crippen molar-refractivity contribution in [1.82, 2.24) is 15.6 Å². The number of sulfonamides is 1. The van der Waals surface area contributed by atoms with E-state index in [1.165, 1.54) is 6.07 Å². The van der Waals surface area contributed by atoms with Gasteiger partial charge in [-0.25, -0.2) is 13.8 Å². The van der Waals surface area contributed by atoms with Gasteiger partial charge < -0.3 is 0 Å². The highest BCUT2D eigenvalue weighted by molar-refractivity contribution is 7.89. The predicted octanol–water partition coefficient (Wildman–Crippen LogP) is 1.14. The van der Waals surface area contributed by atoms with E-state index in [9.17, 15) is 8.42 Å². The highest BCUT2D eigenvalue weighted by Gasteiger charge is 2.26. The lowest BCUT2D eigenvalue weighted by molar-refractivity contribution is 0.505. The first-order valence-electron chi connectivity index (χ1n) is 5.68. The molecule has 0 amide bonds. The summed E-state index contributed by atoms with van der Waals surface area (Å²) in [6, 6.07) is 4.97. The van der Waals surface area contributed by atoms with Crippen LogP contribution < -0.4 is 15.6 Å². The molecule has 1 saturated heterocycles. The molecule has 3 N–H and O–H groups in total. The summed E-state index contributed by atoms with van der Waals surface area (Å²) in [6.45, 7) is 3.71. The van der Waals surface area contributed by atoms with Crippen LogP contribution in [0.5, 0.6) is 0 Å². The van der Waals surface area contributed by atoms with Crippen molar-refractivity contribution in [2.75, 3.05) is 0 Å². The minimum absolute atomic E-state index is 0.240. The third kappa shape index (κ3) is 3.02. The van der Waals surface area contributed by atoms with Crippen LogP contribution in [0.1, 0.15) is 18.9 Å². The van der Waals surface area contributed by atoms with Crippen LogP contribution in [0.25, 0.3) is 0 Å². The van der Waals surface area contributed by atoms with Crippen molar-refractivity contribution in [2.45, 2.75) is 37.4 Å². The monoisotopic (exact) mass is 289 g/mol. The van der Waals surface area contributed by atoms with Crippen LogP contribution in [-0.2, 0) is 10.0 Å². The molecule has 18 heavy (non-hydrogen) atoms. The standard InChI is InChI=1S/C11H16ClN3O2S/c1-7-5-9(12)3-4-10(7)18(16,17)15-11-6-8(2)13-14-11/h3-5,8,11,13-15H,6H2,1-2H3. The second kappa shape index (κ2) is 5.14. The molecule has 1 heterocycles. The number of hydrazine groups is 1.